The average Bonchev–Trinajstić information content (AvgIpc) is 2.40. The molecule has 0 aromatic heterocycles. The van der Waals surface area contributed by atoms with Crippen molar-refractivity contribution < 1.29 is 21.4 Å². The maximum absolute atomic E-state index is 13.6. The van der Waals surface area contributed by atoms with Gasteiger partial charge in [-0.2, -0.15) is 8.42 Å². The fraction of sp³-hybridized carbons (Fsp3) is 0.0667. The molecule has 0 unspecified atom stereocenters. The molecule has 0 bridgehead atoms. The standard InChI is InChI=1S/C15H12F2O3S/c1-2-5-11-6-3-4-7-14(11)20-21(18,19)15-9-8-12(16)10-13(15)17/h2-4,6-10H,1,5H2. The first-order valence-electron chi connectivity index (χ1n) is 6.02. The van der Waals surface area contributed by atoms with Crippen molar-refractivity contribution >= 4 is 10.1 Å². The van der Waals surface area contributed by atoms with Gasteiger partial charge in [0.25, 0.3) is 0 Å². The van der Waals surface area contributed by atoms with Gasteiger partial charge in [-0.05, 0) is 30.2 Å². The monoisotopic (exact) mass is 310 g/mol. The van der Waals surface area contributed by atoms with Crippen molar-refractivity contribution in [3.8, 4) is 5.75 Å². The summed E-state index contributed by atoms with van der Waals surface area (Å²) in [6, 6.07) is 8.62. The molecular formula is C15H12F2O3S. The van der Waals surface area contributed by atoms with Gasteiger partial charge in [-0.15, -0.1) is 6.58 Å². The summed E-state index contributed by atoms with van der Waals surface area (Å²) in [6.07, 6.45) is 1.99. The first kappa shape index (κ1) is 15.2. The zero-order chi connectivity index (χ0) is 15.5. The Labute approximate surface area is 121 Å². The Morgan fingerprint density at radius 3 is 2.52 bits per heavy atom. The Balaban J connectivity index is 2.40. The number of para-hydroxylation sites is 1. The van der Waals surface area contributed by atoms with Crippen LogP contribution in [0.1, 0.15) is 5.56 Å². The minimum atomic E-state index is -4.38. The molecule has 0 saturated heterocycles. The van der Waals surface area contributed by atoms with E-state index in [4.69, 9.17) is 4.18 Å². The lowest BCUT2D eigenvalue weighted by Gasteiger charge is -2.11. The van der Waals surface area contributed by atoms with E-state index in [1.807, 2.05) is 0 Å². The van der Waals surface area contributed by atoms with Crippen LogP contribution in [0.4, 0.5) is 8.78 Å². The largest absolute Gasteiger partial charge is 0.379 e. The quantitative estimate of drug-likeness (QED) is 0.627. The molecule has 6 heteroatoms. The van der Waals surface area contributed by atoms with Crippen molar-refractivity contribution in [3.63, 3.8) is 0 Å². The van der Waals surface area contributed by atoms with Crippen LogP contribution in [0.15, 0.2) is 60.0 Å². The third-order valence-corrected chi connectivity index (χ3v) is 3.97. The topological polar surface area (TPSA) is 43.4 Å². The zero-order valence-corrected chi connectivity index (χ0v) is 11.7. The van der Waals surface area contributed by atoms with E-state index in [1.54, 1.807) is 24.3 Å². The lowest BCUT2D eigenvalue weighted by molar-refractivity contribution is 0.472. The van der Waals surface area contributed by atoms with E-state index in [1.165, 1.54) is 6.07 Å². The molecule has 21 heavy (non-hydrogen) atoms. The predicted octanol–water partition coefficient (Wildman–Crippen LogP) is 3.46. The van der Waals surface area contributed by atoms with Crippen LogP contribution in [0.2, 0.25) is 0 Å². The molecule has 0 fully saturated rings. The molecule has 0 aliphatic rings. The first-order chi connectivity index (χ1) is 9.94. The lowest BCUT2D eigenvalue weighted by Crippen LogP contribution is -2.12. The van der Waals surface area contributed by atoms with Crippen LogP contribution in [-0.4, -0.2) is 8.42 Å². The normalized spacial score (nSPS) is 11.1. The molecule has 0 aliphatic carbocycles. The Bertz CT molecular complexity index is 770. The zero-order valence-electron chi connectivity index (χ0n) is 10.9. The molecule has 0 aliphatic heterocycles. The van der Waals surface area contributed by atoms with E-state index in [0.29, 0.717) is 18.1 Å². The molecule has 110 valence electrons. The van der Waals surface area contributed by atoms with Crippen molar-refractivity contribution in [1.29, 1.82) is 0 Å². The summed E-state index contributed by atoms with van der Waals surface area (Å²) < 4.78 is 55.5. The Morgan fingerprint density at radius 1 is 1.14 bits per heavy atom. The fourth-order valence-electron chi connectivity index (χ4n) is 1.75. The van der Waals surface area contributed by atoms with Crippen LogP contribution in [0.5, 0.6) is 5.75 Å². The van der Waals surface area contributed by atoms with Gasteiger partial charge < -0.3 is 4.18 Å². The van der Waals surface area contributed by atoms with Crippen LogP contribution in [0.3, 0.4) is 0 Å². The highest BCUT2D eigenvalue weighted by Gasteiger charge is 2.22. The second-order valence-corrected chi connectivity index (χ2v) is 5.73. The Hall–Kier alpha value is -2.21. The molecule has 0 saturated carbocycles. The number of benzene rings is 2. The van der Waals surface area contributed by atoms with E-state index in [2.05, 4.69) is 6.58 Å². The van der Waals surface area contributed by atoms with E-state index in [9.17, 15) is 17.2 Å². The maximum atomic E-state index is 13.6. The van der Waals surface area contributed by atoms with Gasteiger partial charge in [-0.1, -0.05) is 24.3 Å². The number of halogens is 2. The molecule has 0 heterocycles. The number of rotatable bonds is 5. The van der Waals surface area contributed by atoms with Crippen LogP contribution in [0, 0.1) is 11.6 Å². The van der Waals surface area contributed by atoms with E-state index in [0.717, 1.165) is 12.1 Å². The minimum Gasteiger partial charge on any atom is -0.379 e. The third-order valence-electron chi connectivity index (χ3n) is 2.70. The summed E-state index contributed by atoms with van der Waals surface area (Å²) in [6.45, 7) is 3.57. The smallest absolute Gasteiger partial charge is 0.342 e. The van der Waals surface area contributed by atoms with Crippen LogP contribution in [0.25, 0.3) is 0 Å². The van der Waals surface area contributed by atoms with Crippen LogP contribution in [-0.2, 0) is 16.5 Å². The van der Waals surface area contributed by atoms with Gasteiger partial charge in [0.05, 0.1) is 0 Å². The number of hydrogen-bond acceptors (Lipinski definition) is 3. The molecule has 2 aromatic rings. The summed E-state index contributed by atoms with van der Waals surface area (Å²) in [5.74, 6) is -1.98. The van der Waals surface area contributed by atoms with Gasteiger partial charge in [-0.25, -0.2) is 8.78 Å². The molecule has 3 nitrogen and oxygen atoms in total. The molecule has 0 radical (unpaired) electrons. The Kier molecular flexibility index (Phi) is 4.37. The summed E-state index contributed by atoms with van der Waals surface area (Å²) in [5, 5.41) is 0. The van der Waals surface area contributed by atoms with Gasteiger partial charge in [0.1, 0.15) is 22.3 Å². The number of hydrogen-bond donors (Lipinski definition) is 0. The van der Waals surface area contributed by atoms with Crippen molar-refractivity contribution in [2.75, 3.05) is 0 Å². The second kappa shape index (κ2) is 6.05. The molecule has 2 aromatic carbocycles. The van der Waals surface area contributed by atoms with Gasteiger partial charge in [0, 0.05) is 6.07 Å². The van der Waals surface area contributed by atoms with E-state index < -0.39 is 26.6 Å². The van der Waals surface area contributed by atoms with Crippen molar-refractivity contribution in [1.82, 2.24) is 0 Å². The molecule has 0 atom stereocenters. The molecule has 0 N–H and O–H groups in total. The maximum Gasteiger partial charge on any atom is 0.342 e. The van der Waals surface area contributed by atoms with Crippen LogP contribution < -0.4 is 4.18 Å². The van der Waals surface area contributed by atoms with Gasteiger partial charge in [0.15, 0.2) is 0 Å². The SMILES string of the molecule is C=CCc1ccccc1OS(=O)(=O)c1ccc(F)cc1F. The summed E-state index contributed by atoms with van der Waals surface area (Å²) in [4.78, 5) is -0.711. The summed E-state index contributed by atoms with van der Waals surface area (Å²) in [5.41, 5.74) is 0.596. The predicted molar refractivity (Wildman–Crippen MR) is 74.5 cm³/mol. The third kappa shape index (κ3) is 3.46. The summed E-state index contributed by atoms with van der Waals surface area (Å²) in [7, 11) is -4.38. The fourth-order valence-corrected chi connectivity index (χ4v) is 2.77. The minimum absolute atomic E-state index is 0.0844. The molecular weight excluding hydrogens is 298 g/mol. The van der Waals surface area contributed by atoms with Gasteiger partial charge >= 0.3 is 10.1 Å². The van der Waals surface area contributed by atoms with E-state index in [-0.39, 0.29) is 5.75 Å². The second-order valence-electron chi connectivity index (χ2n) is 4.21. The lowest BCUT2D eigenvalue weighted by atomic mass is 10.1. The molecule has 0 spiro atoms. The van der Waals surface area contributed by atoms with Gasteiger partial charge in [-0.3, -0.25) is 0 Å². The van der Waals surface area contributed by atoms with Crippen molar-refractivity contribution in [3.05, 3.63) is 72.3 Å². The summed E-state index contributed by atoms with van der Waals surface area (Å²) >= 11 is 0. The van der Waals surface area contributed by atoms with Crippen molar-refractivity contribution in [2.24, 2.45) is 0 Å². The number of allylic oxidation sites excluding steroid dienone is 1. The van der Waals surface area contributed by atoms with Gasteiger partial charge in [0.2, 0.25) is 0 Å². The Morgan fingerprint density at radius 2 is 1.86 bits per heavy atom. The highest BCUT2D eigenvalue weighted by atomic mass is 32.2. The van der Waals surface area contributed by atoms with E-state index >= 15 is 0 Å². The average molecular weight is 310 g/mol. The first-order valence-corrected chi connectivity index (χ1v) is 7.43. The molecule has 2 rings (SSSR count). The molecule has 0 amide bonds. The highest BCUT2D eigenvalue weighted by molar-refractivity contribution is 7.87. The van der Waals surface area contributed by atoms with Crippen molar-refractivity contribution in [2.45, 2.75) is 11.3 Å². The highest BCUT2D eigenvalue weighted by Crippen LogP contribution is 2.25. The van der Waals surface area contributed by atoms with Crippen LogP contribution >= 0.6 is 0 Å².